The van der Waals surface area contributed by atoms with E-state index >= 15 is 0 Å². The minimum Gasteiger partial charge on any atom is -0.507 e. The minimum atomic E-state index is 0.269. The number of pyridine rings is 1. The van der Waals surface area contributed by atoms with Crippen molar-refractivity contribution in [3.8, 4) is 11.6 Å². The van der Waals surface area contributed by atoms with Crippen molar-refractivity contribution in [3.05, 3.63) is 53.7 Å². The number of para-hydroxylation sites is 1. The fourth-order valence-corrected chi connectivity index (χ4v) is 1.43. The summed E-state index contributed by atoms with van der Waals surface area (Å²) in [7, 11) is 1.58. The lowest BCUT2D eigenvalue weighted by Gasteiger charge is -1.99. The van der Waals surface area contributed by atoms with Gasteiger partial charge in [-0.15, -0.1) is 0 Å². The molecule has 2 aromatic rings. The molecular weight excluding hydrogens is 214 g/mol. The number of methoxy groups -OCH3 is 1. The highest BCUT2D eigenvalue weighted by atomic mass is 16.5. The van der Waals surface area contributed by atoms with E-state index in [0.717, 1.165) is 11.1 Å². The van der Waals surface area contributed by atoms with Crippen LogP contribution in [0.1, 0.15) is 11.1 Å². The number of hydrogen-bond donors (Lipinski definition) is 1. The van der Waals surface area contributed by atoms with Crippen molar-refractivity contribution in [1.82, 2.24) is 4.98 Å². The SMILES string of the molecule is COc1ccc(/C=C/c2ccccc2O)cn1. The van der Waals surface area contributed by atoms with Gasteiger partial charge in [-0.25, -0.2) is 4.98 Å². The number of phenols is 1. The molecule has 0 saturated heterocycles. The number of aromatic nitrogens is 1. The average Bonchev–Trinajstić information content (AvgIpc) is 2.38. The molecular formula is C14H13NO2. The van der Waals surface area contributed by atoms with E-state index in [2.05, 4.69) is 4.98 Å². The Morgan fingerprint density at radius 1 is 1.12 bits per heavy atom. The zero-order chi connectivity index (χ0) is 12.1. The molecule has 0 bridgehead atoms. The fraction of sp³-hybridized carbons (Fsp3) is 0.0714. The van der Waals surface area contributed by atoms with Crippen LogP contribution in [-0.4, -0.2) is 17.2 Å². The molecule has 0 saturated carbocycles. The summed E-state index contributed by atoms with van der Waals surface area (Å²) in [5.74, 6) is 0.856. The molecule has 0 radical (unpaired) electrons. The monoisotopic (exact) mass is 227 g/mol. The number of hydrogen-bond acceptors (Lipinski definition) is 3. The number of rotatable bonds is 3. The van der Waals surface area contributed by atoms with Crippen molar-refractivity contribution in [3.63, 3.8) is 0 Å². The highest BCUT2D eigenvalue weighted by Crippen LogP contribution is 2.18. The Labute approximate surface area is 100 Å². The first-order valence-corrected chi connectivity index (χ1v) is 5.26. The van der Waals surface area contributed by atoms with Crippen LogP contribution in [0.3, 0.4) is 0 Å². The van der Waals surface area contributed by atoms with E-state index in [9.17, 15) is 5.11 Å². The van der Waals surface area contributed by atoms with Crippen LogP contribution < -0.4 is 4.74 Å². The fourth-order valence-electron chi connectivity index (χ4n) is 1.43. The molecule has 2 rings (SSSR count). The topological polar surface area (TPSA) is 42.4 Å². The summed E-state index contributed by atoms with van der Waals surface area (Å²) < 4.78 is 4.98. The van der Waals surface area contributed by atoms with E-state index in [0.29, 0.717) is 5.88 Å². The molecule has 1 aromatic heterocycles. The predicted octanol–water partition coefficient (Wildman–Crippen LogP) is 2.97. The van der Waals surface area contributed by atoms with Gasteiger partial charge in [0.05, 0.1) is 7.11 Å². The van der Waals surface area contributed by atoms with Gasteiger partial charge >= 0.3 is 0 Å². The summed E-state index contributed by atoms with van der Waals surface area (Å²) in [5, 5.41) is 9.58. The van der Waals surface area contributed by atoms with Crippen LogP contribution in [0.25, 0.3) is 12.2 Å². The minimum absolute atomic E-state index is 0.269. The Balaban J connectivity index is 2.17. The van der Waals surface area contributed by atoms with E-state index in [1.54, 1.807) is 31.5 Å². The highest BCUT2D eigenvalue weighted by Gasteiger charge is 1.95. The van der Waals surface area contributed by atoms with Crippen LogP contribution in [-0.2, 0) is 0 Å². The number of nitrogens with zero attached hydrogens (tertiary/aromatic N) is 1. The molecule has 17 heavy (non-hydrogen) atoms. The Morgan fingerprint density at radius 2 is 1.94 bits per heavy atom. The molecule has 0 amide bonds. The van der Waals surface area contributed by atoms with E-state index in [1.807, 2.05) is 30.4 Å². The van der Waals surface area contributed by atoms with Crippen molar-refractivity contribution < 1.29 is 9.84 Å². The van der Waals surface area contributed by atoms with E-state index in [1.165, 1.54) is 0 Å². The van der Waals surface area contributed by atoms with E-state index < -0.39 is 0 Å². The van der Waals surface area contributed by atoms with Crippen LogP contribution in [0.4, 0.5) is 0 Å². The summed E-state index contributed by atoms with van der Waals surface area (Å²) in [6.45, 7) is 0. The Kier molecular flexibility index (Phi) is 3.40. The smallest absolute Gasteiger partial charge is 0.212 e. The summed E-state index contributed by atoms with van der Waals surface area (Å²) in [5.41, 5.74) is 1.73. The molecule has 0 aliphatic rings. The standard InChI is InChI=1S/C14H13NO2/c1-17-14-9-7-11(10-15-14)6-8-12-4-2-3-5-13(12)16/h2-10,16H,1H3/b8-6+. The van der Waals surface area contributed by atoms with Gasteiger partial charge in [-0.2, -0.15) is 0 Å². The summed E-state index contributed by atoms with van der Waals surface area (Å²) in [6.07, 6.45) is 5.45. The molecule has 1 aromatic carbocycles. The van der Waals surface area contributed by atoms with E-state index in [-0.39, 0.29) is 5.75 Å². The first-order chi connectivity index (χ1) is 8.29. The van der Waals surface area contributed by atoms with Crippen LogP contribution in [0, 0.1) is 0 Å². The maximum Gasteiger partial charge on any atom is 0.212 e. The average molecular weight is 227 g/mol. The van der Waals surface area contributed by atoms with Gasteiger partial charge in [0.1, 0.15) is 5.75 Å². The first-order valence-electron chi connectivity index (χ1n) is 5.26. The third-order valence-corrected chi connectivity index (χ3v) is 2.36. The Bertz CT molecular complexity index is 518. The summed E-state index contributed by atoms with van der Waals surface area (Å²) >= 11 is 0. The summed E-state index contributed by atoms with van der Waals surface area (Å²) in [6, 6.07) is 10.9. The number of ether oxygens (including phenoxy) is 1. The highest BCUT2D eigenvalue weighted by molar-refractivity contribution is 5.72. The largest absolute Gasteiger partial charge is 0.507 e. The van der Waals surface area contributed by atoms with Crippen molar-refractivity contribution in [2.24, 2.45) is 0 Å². The van der Waals surface area contributed by atoms with Crippen LogP contribution in [0.5, 0.6) is 11.6 Å². The normalized spacial score (nSPS) is 10.6. The van der Waals surface area contributed by atoms with Crippen molar-refractivity contribution >= 4 is 12.2 Å². The third kappa shape index (κ3) is 2.84. The van der Waals surface area contributed by atoms with Crippen molar-refractivity contribution in [2.75, 3.05) is 7.11 Å². The van der Waals surface area contributed by atoms with Gasteiger partial charge in [-0.05, 0) is 17.7 Å². The van der Waals surface area contributed by atoms with Crippen LogP contribution in [0.2, 0.25) is 0 Å². The second-order valence-corrected chi connectivity index (χ2v) is 3.53. The summed E-state index contributed by atoms with van der Waals surface area (Å²) in [4.78, 5) is 4.10. The van der Waals surface area contributed by atoms with Gasteiger partial charge in [0, 0.05) is 17.8 Å². The molecule has 86 valence electrons. The predicted molar refractivity (Wildman–Crippen MR) is 67.8 cm³/mol. The second kappa shape index (κ2) is 5.16. The third-order valence-electron chi connectivity index (χ3n) is 2.36. The number of phenolic OH excluding ortho intramolecular Hbond substituents is 1. The molecule has 1 heterocycles. The van der Waals surface area contributed by atoms with Gasteiger partial charge in [0.15, 0.2) is 0 Å². The van der Waals surface area contributed by atoms with Gasteiger partial charge < -0.3 is 9.84 Å². The van der Waals surface area contributed by atoms with E-state index in [4.69, 9.17) is 4.74 Å². The molecule has 0 fully saturated rings. The molecule has 1 N–H and O–H groups in total. The molecule has 0 aliphatic heterocycles. The Hall–Kier alpha value is -2.29. The molecule has 3 heteroatoms. The zero-order valence-electron chi connectivity index (χ0n) is 9.50. The number of benzene rings is 1. The van der Waals surface area contributed by atoms with Gasteiger partial charge in [0.2, 0.25) is 5.88 Å². The second-order valence-electron chi connectivity index (χ2n) is 3.53. The lowest BCUT2D eigenvalue weighted by molar-refractivity contribution is 0.398. The van der Waals surface area contributed by atoms with Gasteiger partial charge in [0.25, 0.3) is 0 Å². The van der Waals surface area contributed by atoms with Gasteiger partial charge in [-0.1, -0.05) is 30.4 Å². The lowest BCUT2D eigenvalue weighted by atomic mass is 10.1. The molecule has 0 spiro atoms. The Morgan fingerprint density at radius 3 is 2.59 bits per heavy atom. The molecule has 0 atom stereocenters. The quantitative estimate of drug-likeness (QED) is 0.876. The molecule has 0 unspecified atom stereocenters. The number of aromatic hydroxyl groups is 1. The van der Waals surface area contributed by atoms with Crippen molar-refractivity contribution in [2.45, 2.75) is 0 Å². The van der Waals surface area contributed by atoms with Crippen molar-refractivity contribution in [1.29, 1.82) is 0 Å². The van der Waals surface area contributed by atoms with Crippen LogP contribution >= 0.6 is 0 Å². The first kappa shape index (κ1) is 11.2. The zero-order valence-corrected chi connectivity index (χ0v) is 9.50. The molecule has 3 nitrogen and oxygen atoms in total. The maximum atomic E-state index is 9.58. The lowest BCUT2D eigenvalue weighted by Crippen LogP contribution is -1.86. The maximum absolute atomic E-state index is 9.58. The van der Waals surface area contributed by atoms with Crippen LogP contribution in [0.15, 0.2) is 42.6 Å². The molecule has 0 aliphatic carbocycles. The van der Waals surface area contributed by atoms with Gasteiger partial charge in [-0.3, -0.25) is 0 Å².